The van der Waals surface area contributed by atoms with E-state index in [-0.39, 0.29) is 5.82 Å². The molecular weight excluding hydrogens is 445 g/mol. The van der Waals surface area contributed by atoms with Crippen molar-refractivity contribution in [2.75, 3.05) is 7.11 Å². The highest BCUT2D eigenvalue weighted by Gasteiger charge is 2.15. The monoisotopic (exact) mass is 463 g/mol. The smallest absolute Gasteiger partial charge is 0.167 e. The second kappa shape index (κ2) is 9.92. The van der Waals surface area contributed by atoms with Crippen LogP contribution < -0.4 is 14.8 Å². The lowest BCUT2D eigenvalue weighted by Gasteiger charge is -2.17. The minimum absolute atomic E-state index is 0.270. The SMILES string of the molecule is COc1ccc(Br)c(CNCc2ccccc2Cl)c1OCc1ccc(F)cc1. The maximum Gasteiger partial charge on any atom is 0.167 e. The molecule has 0 aliphatic rings. The van der Waals surface area contributed by atoms with Gasteiger partial charge in [-0.2, -0.15) is 0 Å². The number of halogens is 3. The Morgan fingerprint density at radius 1 is 1.00 bits per heavy atom. The average Bonchev–Trinajstić information content (AvgIpc) is 2.70. The lowest BCUT2D eigenvalue weighted by molar-refractivity contribution is 0.280. The van der Waals surface area contributed by atoms with Gasteiger partial charge in [0.15, 0.2) is 11.5 Å². The molecule has 3 aromatic carbocycles. The molecule has 0 atom stereocenters. The molecule has 0 aliphatic heterocycles. The Labute approximate surface area is 177 Å². The van der Waals surface area contributed by atoms with Gasteiger partial charge >= 0.3 is 0 Å². The summed E-state index contributed by atoms with van der Waals surface area (Å²) in [5, 5.41) is 4.13. The standard InChI is InChI=1S/C22H20BrClFNO2/c1-27-21-11-10-19(23)18(13-26-12-16-4-2-3-5-20(16)24)22(21)28-14-15-6-8-17(25)9-7-15/h2-11,26H,12-14H2,1H3. The molecule has 3 rings (SSSR count). The molecule has 1 N–H and O–H groups in total. The van der Waals surface area contributed by atoms with Gasteiger partial charge in [-0.25, -0.2) is 4.39 Å². The van der Waals surface area contributed by atoms with Crippen LogP contribution >= 0.6 is 27.5 Å². The predicted octanol–water partition coefficient (Wildman–Crippen LogP) is 6.12. The summed E-state index contributed by atoms with van der Waals surface area (Å²) in [5.41, 5.74) is 2.84. The van der Waals surface area contributed by atoms with Crippen molar-refractivity contribution >= 4 is 27.5 Å². The number of methoxy groups -OCH3 is 1. The number of hydrogen-bond acceptors (Lipinski definition) is 3. The Bertz CT molecular complexity index is 934. The molecular formula is C22H20BrClFNO2. The molecule has 0 spiro atoms. The highest BCUT2D eigenvalue weighted by Crippen LogP contribution is 2.37. The molecule has 3 aromatic rings. The maximum absolute atomic E-state index is 13.1. The fourth-order valence-corrected chi connectivity index (χ4v) is 3.42. The highest BCUT2D eigenvalue weighted by atomic mass is 79.9. The Kier molecular flexibility index (Phi) is 7.31. The molecule has 0 bridgehead atoms. The van der Waals surface area contributed by atoms with Crippen LogP contribution in [-0.4, -0.2) is 7.11 Å². The lowest BCUT2D eigenvalue weighted by atomic mass is 10.1. The van der Waals surface area contributed by atoms with E-state index in [1.54, 1.807) is 19.2 Å². The summed E-state index contributed by atoms with van der Waals surface area (Å²) in [4.78, 5) is 0. The van der Waals surface area contributed by atoms with Crippen LogP contribution in [0.15, 0.2) is 65.1 Å². The van der Waals surface area contributed by atoms with Crippen LogP contribution in [0.1, 0.15) is 16.7 Å². The Balaban J connectivity index is 1.75. The topological polar surface area (TPSA) is 30.5 Å². The first-order valence-electron chi connectivity index (χ1n) is 8.75. The summed E-state index contributed by atoms with van der Waals surface area (Å²) >= 11 is 9.82. The van der Waals surface area contributed by atoms with Gasteiger partial charge in [0.25, 0.3) is 0 Å². The molecule has 0 heterocycles. The van der Waals surface area contributed by atoms with Crippen LogP contribution in [-0.2, 0) is 19.7 Å². The van der Waals surface area contributed by atoms with Crippen LogP contribution in [0, 0.1) is 5.82 Å². The Morgan fingerprint density at radius 2 is 1.75 bits per heavy atom. The van der Waals surface area contributed by atoms with Crippen LogP contribution in [0.25, 0.3) is 0 Å². The van der Waals surface area contributed by atoms with E-state index in [0.717, 1.165) is 26.2 Å². The highest BCUT2D eigenvalue weighted by molar-refractivity contribution is 9.10. The molecule has 6 heteroatoms. The normalized spacial score (nSPS) is 10.7. The fraction of sp³-hybridized carbons (Fsp3) is 0.182. The van der Waals surface area contributed by atoms with Crippen molar-refractivity contribution < 1.29 is 13.9 Å². The Hall–Kier alpha value is -2.08. The molecule has 0 amide bonds. The second-order valence-corrected chi connectivity index (χ2v) is 7.43. The van der Waals surface area contributed by atoms with Crippen LogP contribution in [0.2, 0.25) is 5.02 Å². The summed E-state index contributed by atoms with van der Waals surface area (Å²) in [6, 6.07) is 17.8. The van der Waals surface area contributed by atoms with Crippen molar-refractivity contribution in [2.45, 2.75) is 19.7 Å². The molecule has 0 saturated heterocycles. The predicted molar refractivity (Wildman–Crippen MR) is 113 cm³/mol. The van der Waals surface area contributed by atoms with Crippen LogP contribution in [0.3, 0.4) is 0 Å². The maximum atomic E-state index is 13.1. The summed E-state index contributed by atoms with van der Waals surface area (Å²) in [5.74, 6) is 1.01. The summed E-state index contributed by atoms with van der Waals surface area (Å²) in [6.45, 7) is 1.49. The van der Waals surface area contributed by atoms with Crippen molar-refractivity contribution in [3.8, 4) is 11.5 Å². The van der Waals surface area contributed by atoms with Crippen LogP contribution in [0.4, 0.5) is 4.39 Å². The third-order valence-corrected chi connectivity index (χ3v) is 5.37. The van der Waals surface area contributed by atoms with Gasteiger partial charge in [0, 0.05) is 28.1 Å². The molecule has 28 heavy (non-hydrogen) atoms. The molecule has 0 radical (unpaired) electrons. The van der Waals surface area contributed by atoms with Crippen LogP contribution in [0.5, 0.6) is 11.5 Å². The molecule has 0 aliphatic carbocycles. The molecule has 146 valence electrons. The van der Waals surface area contributed by atoms with Gasteiger partial charge in [0.2, 0.25) is 0 Å². The zero-order valence-electron chi connectivity index (χ0n) is 15.3. The zero-order valence-corrected chi connectivity index (χ0v) is 17.7. The number of rotatable bonds is 8. The van der Waals surface area contributed by atoms with E-state index in [4.69, 9.17) is 21.1 Å². The van der Waals surface area contributed by atoms with Gasteiger partial charge in [-0.1, -0.05) is 57.9 Å². The summed E-state index contributed by atoms with van der Waals surface area (Å²) in [7, 11) is 1.61. The minimum atomic E-state index is -0.270. The quantitative estimate of drug-likeness (QED) is 0.436. The van der Waals surface area contributed by atoms with Gasteiger partial charge in [0.1, 0.15) is 12.4 Å². The van der Waals surface area contributed by atoms with E-state index in [1.165, 1.54) is 12.1 Å². The van der Waals surface area contributed by atoms with Crippen molar-refractivity contribution in [1.82, 2.24) is 5.32 Å². The first kappa shape index (κ1) is 20.6. The van der Waals surface area contributed by atoms with Crippen molar-refractivity contribution in [1.29, 1.82) is 0 Å². The van der Waals surface area contributed by atoms with Gasteiger partial charge in [-0.3, -0.25) is 0 Å². The molecule has 0 aromatic heterocycles. The van der Waals surface area contributed by atoms with E-state index < -0.39 is 0 Å². The first-order valence-corrected chi connectivity index (χ1v) is 9.92. The fourth-order valence-electron chi connectivity index (χ4n) is 2.77. The lowest BCUT2D eigenvalue weighted by Crippen LogP contribution is -2.15. The molecule has 0 fully saturated rings. The number of nitrogens with one attached hydrogen (secondary N) is 1. The van der Waals surface area contributed by atoms with Crippen molar-refractivity contribution in [3.05, 3.63) is 92.7 Å². The number of benzene rings is 3. The van der Waals surface area contributed by atoms with Gasteiger partial charge in [-0.05, 0) is 41.5 Å². The average molecular weight is 465 g/mol. The molecule has 0 saturated carbocycles. The van der Waals surface area contributed by atoms with E-state index >= 15 is 0 Å². The summed E-state index contributed by atoms with van der Waals surface area (Å²) in [6.07, 6.45) is 0. The largest absolute Gasteiger partial charge is 0.493 e. The zero-order chi connectivity index (χ0) is 19.9. The van der Waals surface area contributed by atoms with E-state index in [1.807, 2.05) is 36.4 Å². The van der Waals surface area contributed by atoms with Crippen molar-refractivity contribution in [3.63, 3.8) is 0 Å². The Morgan fingerprint density at radius 3 is 2.46 bits per heavy atom. The third kappa shape index (κ3) is 5.25. The second-order valence-electron chi connectivity index (χ2n) is 6.17. The van der Waals surface area contributed by atoms with E-state index in [0.29, 0.717) is 31.2 Å². The van der Waals surface area contributed by atoms with Gasteiger partial charge in [0.05, 0.1) is 7.11 Å². The van der Waals surface area contributed by atoms with Crippen molar-refractivity contribution in [2.24, 2.45) is 0 Å². The number of ether oxygens (including phenoxy) is 2. The summed E-state index contributed by atoms with van der Waals surface area (Å²) < 4.78 is 25.5. The van der Waals surface area contributed by atoms with E-state index in [9.17, 15) is 4.39 Å². The van der Waals surface area contributed by atoms with Gasteiger partial charge < -0.3 is 14.8 Å². The molecule has 3 nitrogen and oxygen atoms in total. The molecule has 0 unspecified atom stereocenters. The third-order valence-electron chi connectivity index (χ3n) is 4.26. The minimum Gasteiger partial charge on any atom is -0.493 e. The number of hydrogen-bond donors (Lipinski definition) is 1. The first-order chi connectivity index (χ1) is 13.6. The van der Waals surface area contributed by atoms with E-state index in [2.05, 4.69) is 21.2 Å². The van der Waals surface area contributed by atoms with Gasteiger partial charge in [-0.15, -0.1) is 0 Å².